The Labute approximate surface area is 372 Å². The number of allylic oxidation sites excluding steroid dienone is 12. The molecule has 12 N–H and O–H groups in total. The maximum atomic E-state index is 12.6. The predicted molar refractivity (Wildman–Crippen MR) is 235 cm³/mol. The zero-order valence-electron chi connectivity index (χ0n) is 37.2. The Morgan fingerprint density at radius 3 is 1.63 bits per heavy atom. The van der Waals surface area contributed by atoms with Crippen LogP contribution in [-0.2, 0) is 23.7 Å². The van der Waals surface area contributed by atoms with E-state index in [0.717, 1.165) is 0 Å². The summed E-state index contributed by atoms with van der Waals surface area (Å²) in [5, 5.41) is 108. The molecular weight excluding hydrogens is 819 g/mol. The van der Waals surface area contributed by atoms with E-state index in [1.165, 1.54) is 0 Å². The smallest absolute Gasteiger partial charge is 0.308 e. The molecule has 3 aliphatic rings. The Morgan fingerprint density at radius 2 is 1.08 bits per heavy atom. The fraction of sp³-hybridized carbons (Fsp3) is 0.681. The summed E-state index contributed by atoms with van der Waals surface area (Å²) in [7, 11) is 0. The molecule has 3 heterocycles. The Balaban J connectivity index is 1.81. The van der Waals surface area contributed by atoms with E-state index in [2.05, 4.69) is 0 Å². The number of cyclic esters (lactones) is 1. The van der Waals surface area contributed by atoms with Crippen molar-refractivity contribution in [2.45, 2.75) is 183 Å². The van der Waals surface area contributed by atoms with Crippen molar-refractivity contribution >= 4 is 5.97 Å². The van der Waals surface area contributed by atoms with Crippen LogP contribution in [0, 0.1) is 17.8 Å². The standard InChI is InChI=1S/C47H75NO15/c1-28-18-16-14-12-10-8-6-7-9-11-13-15-17-19-38(62-46-45(58)42(48)44(57)32(5)61-46)25-40-30(3)39(54)27-47(59,63-40)26-37(53)23-35(51)21-33(49)20-34(50)22-36(52)24-41(55)60-31(4)29(2)43(28)56/h6-19,28-40,42-46,49-54,56-59H,20-27,48H2,1-5H3/b7-6+,10-8+,11-9+,14-12+,15-13+,18-16+,19-17+/t28-,29-,30?,31-,32?,33-,34?,35?,36?,37?,38?,39-,40?,42?,43?,44?,45?,46?,47?/m0/s1. The molecule has 3 aliphatic heterocycles. The van der Waals surface area contributed by atoms with Gasteiger partial charge in [0.1, 0.15) is 12.2 Å². The van der Waals surface area contributed by atoms with Gasteiger partial charge in [-0.25, -0.2) is 0 Å². The molecule has 0 aromatic carbocycles. The molecular formula is C47H75NO15. The number of carbonyl (C=O) groups excluding carboxylic acids is 1. The van der Waals surface area contributed by atoms with Gasteiger partial charge in [0.2, 0.25) is 0 Å². The van der Waals surface area contributed by atoms with Crippen molar-refractivity contribution in [2.24, 2.45) is 23.5 Å². The first-order chi connectivity index (χ1) is 29.7. The van der Waals surface area contributed by atoms with Gasteiger partial charge in [-0.3, -0.25) is 4.79 Å². The molecule has 0 saturated carbocycles. The number of hydrogen-bond acceptors (Lipinski definition) is 16. The van der Waals surface area contributed by atoms with Crippen LogP contribution in [0.25, 0.3) is 0 Å². The molecule has 0 aromatic rings. The van der Waals surface area contributed by atoms with Crippen molar-refractivity contribution in [1.82, 2.24) is 0 Å². The van der Waals surface area contributed by atoms with Gasteiger partial charge in [-0.15, -0.1) is 0 Å². The van der Waals surface area contributed by atoms with Gasteiger partial charge >= 0.3 is 5.97 Å². The third kappa shape index (κ3) is 18.8. The van der Waals surface area contributed by atoms with Crippen molar-refractivity contribution in [3.63, 3.8) is 0 Å². The van der Waals surface area contributed by atoms with Crippen LogP contribution in [0.1, 0.15) is 86.0 Å². The van der Waals surface area contributed by atoms with Crippen LogP contribution >= 0.6 is 0 Å². The van der Waals surface area contributed by atoms with Gasteiger partial charge in [-0.2, -0.15) is 0 Å². The predicted octanol–water partition coefficient (Wildman–Crippen LogP) is 1.65. The van der Waals surface area contributed by atoms with Gasteiger partial charge in [-0.1, -0.05) is 106 Å². The molecule has 358 valence electrons. The monoisotopic (exact) mass is 894 g/mol. The first-order valence-electron chi connectivity index (χ1n) is 22.2. The molecule has 16 nitrogen and oxygen atoms in total. The van der Waals surface area contributed by atoms with E-state index in [1.54, 1.807) is 52.0 Å². The number of rotatable bonds is 2. The molecule has 0 aliphatic carbocycles. The van der Waals surface area contributed by atoms with Gasteiger partial charge in [0.15, 0.2) is 12.1 Å². The quantitative estimate of drug-likeness (QED) is 0.176. The number of fused-ring (bicyclic) bond motifs is 2. The first kappa shape index (κ1) is 54.4. The molecule has 2 fully saturated rings. The maximum absolute atomic E-state index is 12.6. The first-order valence-corrected chi connectivity index (χ1v) is 22.2. The Bertz CT molecular complexity index is 1570. The normalized spacial score (nSPS) is 46.6. The van der Waals surface area contributed by atoms with Gasteiger partial charge in [0.25, 0.3) is 0 Å². The number of aliphatic hydroxyl groups is 10. The molecule has 2 saturated heterocycles. The Morgan fingerprint density at radius 1 is 0.587 bits per heavy atom. The maximum Gasteiger partial charge on any atom is 0.308 e. The molecule has 14 unspecified atom stereocenters. The van der Waals surface area contributed by atoms with E-state index in [0.29, 0.717) is 0 Å². The lowest BCUT2D eigenvalue weighted by molar-refractivity contribution is -0.308. The number of hydrogen-bond donors (Lipinski definition) is 11. The number of ether oxygens (including phenoxy) is 4. The van der Waals surface area contributed by atoms with E-state index in [4.69, 9.17) is 24.7 Å². The lowest BCUT2D eigenvalue weighted by atomic mass is 9.84. The van der Waals surface area contributed by atoms with Crippen LogP contribution in [0.3, 0.4) is 0 Å². The molecule has 3 rings (SSSR count). The van der Waals surface area contributed by atoms with Gasteiger partial charge in [0.05, 0.1) is 79.6 Å². The van der Waals surface area contributed by atoms with Crippen LogP contribution in [0.2, 0.25) is 0 Å². The van der Waals surface area contributed by atoms with Crippen molar-refractivity contribution in [2.75, 3.05) is 0 Å². The molecule has 0 radical (unpaired) electrons. The summed E-state index contributed by atoms with van der Waals surface area (Å²) < 4.78 is 23.6. The number of carbonyl (C=O) groups is 1. The number of nitrogens with two attached hydrogens (primary N) is 1. The zero-order valence-corrected chi connectivity index (χ0v) is 37.2. The van der Waals surface area contributed by atoms with Crippen molar-refractivity contribution in [1.29, 1.82) is 0 Å². The van der Waals surface area contributed by atoms with Crippen LogP contribution in [0.15, 0.2) is 85.1 Å². The highest BCUT2D eigenvalue weighted by molar-refractivity contribution is 5.70. The van der Waals surface area contributed by atoms with E-state index < -0.39 is 128 Å². The summed E-state index contributed by atoms with van der Waals surface area (Å²) in [6.07, 6.45) is 8.10. The topological polar surface area (TPSA) is 282 Å². The lowest BCUT2D eigenvalue weighted by Crippen LogP contribution is -2.61. The minimum Gasteiger partial charge on any atom is -0.462 e. The average Bonchev–Trinajstić information content (AvgIpc) is 3.19. The molecule has 63 heavy (non-hydrogen) atoms. The second-order valence-corrected chi connectivity index (χ2v) is 17.6. The van der Waals surface area contributed by atoms with Gasteiger partial charge in [0, 0.05) is 37.0 Å². The van der Waals surface area contributed by atoms with Crippen molar-refractivity contribution in [3.05, 3.63) is 85.1 Å². The minimum atomic E-state index is -2.03. The summed E-state index contributed by atoms with van der Waals surface area (Å²) in [5.74, 6) is -3.95. The Hall–Kier alpha value is -2.91. The van der Waals surface area contributed by atoms with Crippen molar-refractivity contribution in [3.8, 4) is 0 Å². The fourth-order valence-corrected chi connectivity index (χ4v) is 7.93. The highest BCUT2D eigenvalue weighted by atomic mass is 16.7. The summed E-state index contributed by atoms with van der Waals surface area (Å²) in [5.41, 5.74) is 6.06. The van der Waals surface area contributed by atoms with E-state index in [-0.39, 0.29) is 44.4 Å². The molecule has 0 aromatic heterocycles. The Kier molecular flexibility index (Phi) is 23.2. The molecule has 2 bridgehead atoms. The fourth-order valence-electron chi connectivity index (χ4n) is 7.93. The highest BCUT2D eigenvalue weighted by Crippen LogP contribution is 2.37. The molecule has 0 amide bonds. The summed E-state index contributed by atoms with van der Waals surface area (Å²) >= 11 is 0. The highest BCUT2D eigenvalue weighted by Gasteiger charge is 2.47. The third-order valence-electron chi connectivity index (χ3n) is 12.0. The third-order valence-corrected chi connectivity index (χ3v) is 12.0. The van der Waals surface area contributed by atoms with E-state index in [9.17, 15) is 55.9 Å². The summed E-state index contributed by atoms with van der Waals surface area (Å²) in [6, 6.07) is -1.05. The van der Waals surface area contributed by atoms with E-state index in [1.807, 2.05) is 67.7 Å². The van der Waals surface area contributed by atoms with E-state index >= 15 is 0 Å². The molecule has 19 atom stereocenters. The van der Waals surface area contributed by atoms with Crippen LogP contribution in [-0.4, -0.2) is 155 Å². The summed E-state index contributed by atoms with van der Waals surface area (Å²) in [4.78, 5) is 12.6. The van der Waals surface area contributed by atoms with Crippen LogP contribution < -0.4 is 5.73 Å². The second-order valence-electron chi connectivity index (χ2n) is 17.6. The number of esters is 1. The minimum absolute atomic E-state index is 0.0568. The molecule has 0 spiro atoms. The molecule has 16 heteroatoms. The average molecular weight is 894 g/mol. The summed E-state index contributed by atoms with van der Waals surface area (Å²) in [6.45, 7) is 8.60. The number of aliphatic hydroxyl groups excluding tert-OH is 9. The van der Waals surface area contributed by atoms with Gasteiger partial charge < -0.3 is 75.7 Å². The van der Waals surface area contributed by atoms with Crippen LogP contribution in [0.5, 0.6) is 0 Å². The van der Waals surface area contributed by atoms with Gasteiger partial charge in [-0.05, 0) is 39.5 Å². The van der Waals surface area contributed by atoms with Crippen LogP contribution in [0.4, 0.5) is 0 Å². The second kappa shape index (κ2) is 26.9. The lowest BCUT2D eigenvalue weighted by Gasteiger charge is -2.45. The zero-order chi connectivity index (χ0) is 46.9. The van der Waals surface area contributed by atoms with Crippen molar-refractivity contribution < 1.29 is 74.8 Å². The largest absolute Gasteiger partial charge is 0.462 e. The SMILES string of the molecule is CC1OC(OC2/C=C/C=C/C=C/C=C/C=C/C=C/C=C/[C@H](C)C(O)[C@@H](C)[C@H](C)OC(=O)CC(O)CC(O)C[C@H](O)CC(O)CC(O)CC3(O)C[C@H](O)C(C)C(C2)O3)C(O)C(N)C1O.